The first-order valence-corrected chi connectivity index (χ1v) is 5.22. The first-order valence-electron chi connectivity index (χ1n) is 4.84. The molecule has 0 saturated heterocycles. The van der Waals surface area contributed by atoms with Crippen molar-refractivity contribution in [2.75, 3.05) is 12.4 Å². The fourth-order valence-corrected chi connectivity index (χ4v) is 1.30. The lowest BCUT2D eigenvalue weighted by Gasteiger charge is -2.12. The van der Waals surface area contributed by atoms with Gasteiger partial charge in [0.1, 0.15) is 5.75 Å². The number of hydrogen-bond donors (Lipinski definition) is 1. The van der Waals surface area contributed by atoms with Crippen LogP contribution in [-0.4, -0.2) is 19.3 Å². The highest BCUT2D eigenvalue weighted by Gasteiger charge is 2.10. The Morgan fingerprint density at radius 2 is 2.12 bits per heavy atom. The molecular weight excluding hydrogens is 230 g/mol. The summed E-state index contributed by atoms with van der Waals surface area (Å²) in [5.74, 6) is 0.533. The third kappa shape index (κ3) is 3.62. The number of anilines is 1. The fraction of sp³-hybridized carbons (Fsp3) is 0.364. The van der Waals surface area contributed by atoms with Crippen LogP contribution in [0.4, 0.5) is 10.5 Å². The molecule has 0 fully saturated rings. The van der Waals surface area contributed by atoms with Crippen molar-refractivity contribution in [3.05, 3.63) is 23.2 Å². The minimum absolute atomic E-state index is 0.176. The van der Waals surface area contributed by atoms with Crippen LogP contribution in [0.15, 0.2) is 18.2 Å². The third-order valence-corrected chi connectivity index (χ3v) is 1.98. The van der Waals surface area contributed by atoms with Gasteiger partial charge >= 0.3 is 6.09 Å². The van der Waals surface area contributed by atoms with Crippen molar-refractivity contribution < 1.29 is 14.3 Å². The zero-order valence-corrected chi connectivity index (χ0v) is 10.2. The molecule has 0 aliphatic carbocycles. The van der Waals surface area contributed by atoms with Crippen LogP contribution in [0.5, 0.6) is 5.75 Å². The predicted octanol–water partition coefficient (Wildman–Crippen LogP) is 3.31. The molecule has 1 rings (SSSR count). The van der Waals surface area contributed by atoms with Crippen LogP contribution < -0.4 is 10.1 Å². The average molecular weight is 244 g/mol. The Bertz CT molecular complexity index is 379. The molecule has 5 heteroatoms. The van der Waals surface area contributed by atoms with Crippen LogP contribution >= 0.6 is 11.6 Å². The second-order valence-electron chi connectivity index (χ2n) is 3.42. The summed E-state index contributed by atoms with van der Waals surface area (Å²) in [6.45, 7) is 3.55. The summed E-state index contributed by atoms with van der Waals surface area (Å²) in [7, 11) is 1.52. The SMILES string of the molecule is COc1ccc(Cl)cc1NC(=O)OC(C)C. The Kier molecular flexibility index (Phi) is 4.43. The Labute approximate surface area is 99.5 Å². The van der Waals surface area contributed by atoms with Crippen molar-refractivity contribution in [3.8, 4) is 5.75 Å². The van der Waals surface area contributed by atoms with E-state index >= 15 is 0 Å². The van der Waals surface area contributed by atoms with E-state index in [-0.39, 0.29) is 6.10 Å². The third-order valence-electron chi connectivity index (χ3n) is 1.74. The first kappa shape index (κ1) is 12.6. The number of halogens is 1. The molecule has 0 atom stereocenters. The summed E-state index contributed by atoms with van der Waals surface area (Å²) in [5.41, 5.74) is 0.487. The van der Waals surface area contributed by atoms with Gasteiger partial charge in [-0.3, -0.25) is 5.32 Å². The van der Waals surface area contributed by atoms with Crippen LogP contribution in [0.25, 0.3) is 0 Å². The quantitative estimate of drug-likeness (QED) is 0.886. The van der Waals surface area contributed by atoms with E-state index in [0.717, 1.165) is 0 Å². The number of hydrogen-bond acceptors (Lipinski definition) is 3. The topological polar surface area (TPSA) is 47.6 Å². The van der Waals surface area contributed by atoms with E-state index in [9.17, 15) is 4.79 Å². The Morgan fingerprint density at radius 3 is 2.69 bits per heavy atom. The van der Waals surface area contributed by atoms with Gasteiger partial charge in [0.05, 0.1) is 18.9 Å². The molecule has 0 radical (unpaired) electrons. The number of benzene rings is 1. The highest BCUT2D eigenvalue weighted by molar-refractivity contribution is 6.31. The molecule has 1 aromatic rings. The molecule has 16 heavy (non-hydrogen) atoms. The molecule has 0 spiro atoms. The number of ether oxygens (including phenoxy) is 2. The second kappa shape index (κ2) is 5.61. The minimum atomic E-state index is -0.532. The van der Waals surface area contributed by atoms with Crippen LogP contribution in [0.3, 0.4) is 0 Å². The van der Waals surface area contributed by atoms with Gasteiger partial charge in [0.25, 0.3) is 0 Å². The van der Waals surface area contributed by atoms with E-state index in [1.54, 1.807) is 32.0 Å². The summed E-state index contributed by atoms with van der Waals surface area (Å²) >= 11 is 5.82. The van der Waals surface area contributed by atoms with Crippen molar-refractivity contribution in [2.45, 2.75) is 20.0 Å². The van der Waals surface area contributed by atoms with Crippen molar-refractivity contribution in [2.24, 2.45) is 0 Å². The molecule has 0 aliphatic rings. The van der Waals surface area contributed by atoms with Crippen molar-refractivity contribution in [1.29, 1.82) is 0 Å². The maximum atomic E-state index is 11.4. The van der Waals surface area contributed by atoms with Gasteiger partial charge in [-0.1, -0.05) is 11.6 Å². The zero-order valence-electron chi connectivity index (χ0n) is 9.41. The van der Waals surface area contributed by atoms with E-state index in [2.05, 4.69) is 5.32 Å². The van der Waals surface area contributed by atoms with E-state index < -0.39 is 6.09 Å². The van der Waals surface area contributed by atoms with Gasteiger partial charge in [-0.15, -0.1) is 0 Å². The molecule has 0 heterocycles. The second-order valence-corrected chi connectivity index (χ2v) is 3.86. The molecule has 4 nitrogen and oxygen atoms in total. The lowest BCUT2D eigenvalue weighted by atomic mass is 10.3. The molecule has 88 valence electrons. The van der Waals surface area contributed by atoms with E-state index in [1.807, 2.05) is 0 Å². The van der Waals surface area contributed by atoms with Crippen molar-refractivity contribution in [3.63, 3.8) is 0 Å². The van der Waals surface area contributed by atoms with Crippen LogP contribution in [0, 0.1) is 0 Å². The van der Waals surface area contributed by atoms with E-state index in [0.29, 0.717) is 16.5 Å². The smallest absolute Gasteiger partial charge is 0.411 e. The van der Waals surface area contributed by atoms with Gasteiger partial charge in [-0.05, 0) is 32.0 Å². The van der Waals surface area contributed by atoms with E-state index in [1.165, 1.54) is 7.11 Å². The molecule has 0 saturated carbocycles. The lowest BCUT2D eigenvalue weighted by Crippen LogP contribution is -2.18. The van der Waals surface area contributed by atoms with Gasteiger partial charge in [-0.2, -0.15) is 0 Å². The predicted molar refractivity (Wildman–Crippen MR) is 63.2 cm³/mol. The Balaban J connectivity index is 2.79. The molecule has 0 aromatic heterocycles. The average Bonchev–Trinajstić information content (AvgIpc) is 2.16. The summed E-state index contributed by atoms with van der Waals surface area (Å²) < 4.78 is 10.0. The minimum Gasteiger partial charge on any atom is -0.495 e. The maximum absolute atomic E-state index is 11.4. The van der Waals surface area contributed by atoms with Crippen LogP contribution in [0.2, 0.25) is 5.02 Å². The number of rotatable bonds is 3. The van der Waals surface area contributed by atoms with Crippen molar-refractivity contribution >= 4 is 23.4 Å². The largest absolute Gasteiger partial charge is 0.495 e. The standard InChI is InChI=1S/C11H14ClNO3/c1-7(2)16-11(14)13-9-6-8(12)4-5-10(9)15-3/h4-7H,1-3H3,(H,13,14). The van der Waals surface area contributed by atoms with Crippen LogP contribution in [-0.2, 0) is 4.74 Å². The summed E-state index contributed by atoms with van der Waals surface area (Å²) in [6, 6.07) is 4.95. The van der Waals surface area contributed by atoms with E-state index in [4.69, 9.17) is 21.1 Å². The number of carbonyl (C=O) groups excluding carboxylic acids is 1. The molecule has 1 amide bonds. The monoisotopic (exact) mass is 243 g/mol. The van der Waals surface area contributed by atoms with Gasteiger partial charge in [0, 0.05) is 5.02 Å². The molecule has 0 aliphatic heterocycles. The Hall–Kier alpha value is -1.42. The van der Waals surface area contributed by atoms with Gasteiger partial charge in [0.2, 0.25) is 0 Å². The lowest BCUT2D eigenvalue weighted by molar-refractivity contribution is 0.130. The van der Waals surface area contributed by atoms with Gasteiger partial charge in [-0.25, -0.2) is 4.79 Å². The maximum Gasteiger partial charge on any atom is 0.411 e. The van der Waals surface area contributed by atoms with Gasteiger partial charge < -0.3 is 9.47 Å². The number of amides is 1. The highest BCUT2D eigenvalue weighted by atomic mass is 35.5. The summed E-state index contributed by atoms with van der Waals surface area (Å²) in [5, 5.41) is 3.08. The zero-order chi connectivity index (χ0) is 12.1. The van der Waals surface area contributed by atoms with Crippen molar-refractivity contribution in [1.82, 2.24) is 0 Å². The number of nitrogens with one attached hydrogen (secondary N) is 1. The first-order chi connectivity index (χ1) is 7.52. The highest BCUT2D eigenvalue weighted by Crippen LogP contribution is 2.27. The normalized spacial score (nSPS) is 10.1. The van der Waals surface area contributed by atoms with Gasteiger partial charge in [0.15, 0.2) is 0 Å². The molecule has 0 bridgehead atoms. The summed E-state index contributed by atoms with van der Waals surface area (Å²) in [6.07, 6.45) is -0.708. The Morgan fingerprint density at radius 1 is 1.44 bits per heavy atom. The van der Waals surface area contributed by atoms with Crippen LogP contribution in [0.1, 0.15) is 13.8 Å². The molecule has 1 aromatic carbocycles. The fourth-order valence-electron chi connectivity index (χ4n) is 1.13. The molecular formula is C11H14ClNO3. The summed E-state index contributed by atoms with van der Waals surface area (Å²) in [4.78, 5) is 11.4. The molecule has 1 N–H and O–H groups in total. The molecule has 0 unspecified atom stereocenters. The number of methoxy groups -OCH3 is 1. The number of carbonyl (C=O) groups is 1.